The Bertz CT molecular complexity index is 569. The van der Waals surface area contributed by atoms with Crippen LogP contribution in [0.4, 0.5) is 5.95 Å². The maximum atomic E-state index is 10.7. The van der Waals surface area contributed by atoms with Gasteiger partial charge in [0.1, 0.15) is 0 Å². The van der Waals surface area contributed by atoms with Crippen LogP contribution in [0, 0.1) is 0 Å². The Morgan fingerprint density at radius 3 is 2.37 bits per heavy atom. The largest absolute Gasteiger partial charge is 0.478 e. The average Bonchev–Trinajstić information content (AvgIpc) is 2.41. The molecule has 0 aliphatic carbocycles. The number of carboxylic acids is 1. The molecule has 0 amide bonds. The lowest BCUT2D eigenvalue weighted by atomic mass is 10.2. The Morgan fingerprint density at radius 2 is 1.84 bits per heavy atom. The van der Waals surface area contributed by atoms with Crippen molar-refractivity contribution < 1.29 is 9.90 Å². The second-order valence-corrected chi connectivity index (χ2v) is 4.98. The molecule has 0 atom stereocenters. The minimum Gasteiger partial charge on any atom is -0.478 e. The highest BCUT2D eigenvalue weighted by Gasteiger charge is 2.08. The zero-order valence-corrected chi connectivity index (χ0v) is 11.8. The summed E-state index contributed by atoms with van der Waals surface area (Å²) in [7, 11) is 1.86. The van der Waals surface area contributed by atoms with Gasteiger partial charge in [-0.15, -0.1) is 0 Å². The molecular weight excluding hydrogens is 310 g/mol. The molecule has 19 heavy (non-hydrogen) atoms. The monoisotopic (exact) mass is 321 g/mol. The van der Waals surface area contributed by atoms with Gasteiger partial charge in [-0.1, -0.05) is 28.1 Å². The highest BCUT2D eigenvalue weighted by molar-refractivity contribution is 9.10. The number of carboxylic acid groups (broad SMARTS) is 1. The number of hydrogen-bond donors (Lipinski definition) is 1. The predicted octanol–water partition coefficient (Wildman–Crippen LogP) is 2.57. The molecule has 0 unspecified atom stereocenters. The predicted molar refractivity (Wildman–Crippen MR) is 75.2 cm³/mol. The number of halogens is 1. The Kier molecular flexibility index (Phi) is 4.11. The van der Waals surface area contributed by atoms with Crippen LogP contribution in [0.25, 0.3) is 0 Å². The first-order valence-electron chi connectivity index (χ1n) is 5.57. The lowest BCUT2D eigenvalue weighted by Crippen LogP contribution is -2.19. The maximum absolute atomic E-state index is 10.7. The molecule has 1 N–H and O–H groups in total. The van der Waals surface area contributed by atoms with Crippen LogP contribution in [-0.4, -0.2) is 28.1 Å². The Morgan fingerprint density at radius 1 is 1.26 bits per heavy atom. The van der Waals surface area contributed by atoms with Gasteiger partial charge in [0, 0.05) is 30.5 Å². The van der Waals surface area contributed by atoms with Crippen LogP contribution in [0.2, 0.25) is 0 Å². The molecular formula is C13H12BrN3O2. The molecule has 1 heterocycles. The fourth-order valence-corrected chi connectivity index (χ4v) is 1.83. The molecule has 98 valence electrons. The van der Waals surface area contributed by atoms with Crippen LogP contribution in [0.3, 0.4) is 0 Å². The summed E-state index contributed by atoms with van der Waals surface area (Å²) in [6, 6.07) is 7.95. The molecule has 1 aromatic carbocycles. The molecule has 0 aliphatic heterocycles. The summed E-state index contributed by atoms with van der Waals surface area (Å²) in [6.07, 6.45) is 2.62. The second kappa shape index (κ2) is 5.79. The summed E-state index contributed by atoms with van der Waals surface area (Å²) < 4.78 is 1.03. The van der Waals surface area contributed by atoms with E-state index in [1.54, 1.807) is 0 Å². The molecule has 0 saturated heterocycles. The zero-order chi connectivity index (χ0) is 13.8. The fourth-order valence-electron chi connectivity index (χ4n) is 1.56. The molecule has 0 aliphatic rings. The molecule has 0 radical (unpaired) electrons. The van der Waals surface area contributed by atoms with E-state index in [0.717, 1.165) is 10.0 Å². The summed E-state index contributed by atoms with van der Waals surface area (Å²) in [5.74, 6) is -0.532. The number of aromatic nitrogens is 2. The summed E-state index contributed by atoms with van der Waals surface area (Å²) in [4.78, 5) is 20.6. The van der Waals surface area contributed by atoms with Crippen molar-refractivity contribution in [3.8, 4) is 0 Å². The quantitative estimate of drug-likeness (QED) is 0.937. The van der Waals surface area contributed by atoms with Gasteiger partial charge in [-0.05, 0) is 17.7 Å². The van der Waals surface area contributed by atoms with E-state index in [0.29, 0.717) is 12.5 Å². The van der Waals surface area contributed by atoms with Crippen molar-refractivity contribution in [3.63, 3.8) is 0 Å². The summed E-state index contributed by atoms with van der Waals surface area (Å²) >= 11 is 3.38. The van der Waals surface area contributed by atoms with Crippen molar-refractivity contribution in [1.29, 1.82) is 0 Å². The normalized spacial score (nSPS) is 10.2. The molecule has 2 aromatic rings. The van der Waals surface area contributed by atoms with E-state index in [2.05, 4.69) is 25.9 Å². The number of aromatic carboxylic acids is 1. The first kappa shape index (κ1) is 13.5. The van der Waals surface area contributed by atoms with Crippen LogP contribution < -0.4 is 4.90 Å². The molecule has 5 nitrogen and oxygen atoms in total. The molecule has 0 bridgehead atoms. The topological polar surface area (TPSA) is 66.3 Å². The number of benzene rings is 1. The maximum Gasteiger partial charge on any atom is 0.338 e. The minimum absolute atomic E-state index is 0.0841. The van der Waals surface area contributed by atoms with E-state index in [1.807, 2.05) is 36.2 Å². The molecule has 0 fully saturated rings. The third-order valence-corrected chi connectivity index (χ3v) is 3.09. The summed E-state index contributed by atoms with van der Waals surface area (Å²) in [5.41, 5.74) is 1.21. The minimum atomic E-state index is -1.03. The van der Waals surface area contributed by atoms with Crippen molar-refractivity contribution >= 4 is 27.8 Å². The van der Waals surface area contributed by atoms with E-state index >= 15 is 0 Å². The number of rotatable bonds is 4. The van der Waals surface area contributed by atoms with Gasteiger partial charge >= 0.3 is 5.97 Å². The van der Waals surface area contributed by atoms with E-state index in [1.165, 1.54) is 12.4 Å². The fraction of sp³-hybridized carbons (Fsp3) is 0.154. The first-order valence-corrected chi connectivity index (χ1v) is 6.36. The Labute approximate surface area is 119 Å². The molecule has 1 aromatic heterocycles. The second-order valence-electron chi connectivity index (χ2n) is 4.06. The number of hydrogen-bond acceptors (Lipinski definition) is 4. The molecule has 0 saturated carbocycles. The highest BCUT2D eigenvalue weighted by atomic mass is 79.9. The zero-order valence-electron chi connectivity index (χ0n) is 10.2. The third kappa shape index (κ3) is 3.51. The number of anilines is 1. The number of carbonyl (C=O) groups is 1. The van der Waals surface area contributed by atoms with E-state index < -0.39 is 5.97 Å². The SMILES string of the molecule is CN(Cc1ccc(Br)cc1)c1ncc(C(=O)O)cn1. The van der Waals surface area contributed by atoms with Crippen molar-refractivity contribution in [3.05, 3.63) is 52.3 Å². The van der Waals surface area contributed by atoms with Crippen molar-refractivity contribution in [2.45, 2.75) is 6.54 Å². The van der Waals surface area contributed by atoms with Crippen LogP contribution >= 0.6 is 15.9 Å². The first-order chi connectivity index (χ1) is 9.06. The molecule has 2 rings (SSSR count). The van der Waals surface area contributed by atoms with Crippen LogP contribution in [-0.2, 0) is 6.54 Å². The summed E-state index contributed by atoms with van der Waals surface area (Å²) in [5, 5.41) is 8.78. The Hall–Kier alpha value is -1.95. The van der Waals surface area contributed by atoms with E-state index in [4.69, 9.17) is 5.11 Å². The van der Waals surface area contributed by atoms with Crippen molar-refractivity contribution in [2.75, 3.05) is 11.9 Å². The lowest BCUT2D eigenvalue weighted by molar-refractivity contribution is 0.0696. The van der Waals surface area contributed by atoms with Gasteiger partial charge in [0.15, 0.2) is 0 Å². The van der Waals surface area contributed by atoms with Gasteiger partial charge in [-0.3, -0.25) is 0 Å². The summed E-state index contributed by atoms with van der Waals surface area (Å²) in [6.45, 7) is 0.652. The molecule has 0 spiro atoms. The van der Waals surface area contributed by atoms with Crippen LogP contribution in [0.5, 0.6) is 0 Å². The van der Waals surface area contributed by atoms with Gasteiger partial charge in [-0.25, -0.2) is 14.8 Å². The van der Waals surface area contributed by atoms with Crippen molar-refractivity contribution in [1.82, 2.24) is 9.97 Å². The highest BCUT2D eigenvalue weighted by Crippen LogP contribution is 2.14. The van der Waals surface area contributed by atoms with Gasteiger partial charge in [0.05, 0.1) is 5.56 Å². The Balaban J connectivity index is 2.09. The average molecular weight is 322 g/mol. The van der Waals surface area contributed by atoms with Gasteiger partial charge < -0.3 is 10.0 Å². The van der Waals surface area contributed by atoms with Crippen LogP contribution in [0.15, 0.2) is 41.1 Å². The third-order valence-electron chi connectivity index (χ3n) is 2.56. The van der Waals surface area contributed by atoms with Gasteiger partial charge in [0.2, 0.25) is 5.95 Å². The standard InChI is InChI=1S/C13H12BrN3O2/c1-17(8-9-2-4-11(14)5-3-9)13-15-6-10(7-16-13)12(18)19/h2-7H,8H2,1H3,(H,18,19). The molecule has 6 heteroatoms. The number of nitrogens with zero attached hydrogens (tertiary/aromatic N) is 3. The van der Waals surface area contributed by atoms with Crippen molar-refractivity contribution in [2.24, 2.45) is 0 Å². The van der Waals surface area contributed by atoms with Gasteiger partial charge in [-0.2, -0.15) is 0 Å². The van der Waals surface area contributed by atoms with E-state index in [9.17, 15) is 4.79 Å². The van der Waals surface area contributed by atoms with Crippen LogP contribution in [0.1, 0.15) is 15.9 Å². The lowest BCUT2D eigenvalue weighted by Gasteiger charge is -2.16. The van der Waals surface area contributed by atoms with Gasteiger partial charge in [0.25, 0.3) is 0 Å². The smallest absolute Gasteiger partial charge is 0.338 e. The van der Waals surface area contributed by atoms with E-state index in [-0.39, 0.29) is 5.56 Å².